The number of amides is 1. The molecular weight excluding hydrogens is 264 g/mol. The lowest BCUT2D eigenvalue weighted by Gasteiger charge is -2.10. The van der Waals surface area contributed by atoms with Gasteiger partial charge in [0.15, 0.2) is 0 Å². The third-order valence-corrected chi connectivity index (χ3v) is 3.56. The Kier molecular flexibility index (Phi) is 3.29. The number of rotatable bonds is 3. The standard InChI is InChI=1S/C17H18N2O2/c1-10-4-6-14-13(8-10)9-15(19-14)17(20)18-12(3)16-7-5-11(2)21-16/h4-9,12,19H,1-3H3,(H,18,20)/t12-/m1/s1. The second-order valence-corrected chi connectivity index (χ2v) is 5.42. The zero-order chi connectivity index (χ0) is 15.0. The van der Waals surface area contributed by atoms with Crippen LogP contribution >= 0.6 is 0 Å². The first-order chi connectivity index (χ1) is 10.0. The molecule has 0 spiro atoms. The number of aromatic amines is 1. The summed E-state index contributed by atoms with van der Waals surface area (Å²) in [6.07, 6.45) is 0. The van der Waals surface area contributed by atoms with Crippen molar-refractivity contribution in [3.63, 3.8) is 0 Å². The topological polar surface area (TPSA) is 58.0 Å². The Morgan fingerprint density at radius 3 is 2.71 bits per heavy atom. The highest BCUT2D eigenvalue weighted by Crippen LogP contribution is 2.19. The van der Waals surface area contributed by atoms with Gasteiger partial charge in [0, 0.05) is 10.9 Å². The van der Waals surface area contributed by atoms with Gasteiger partial charge in [-0.05, 0) is 51.1 Å². The summed E-state index contributed by atoms with van der Waals surface area (Å²) in [5.41, 5.74) is 2.70. The van der Waals surface area contributed by atoms with Gasteiger partial charge in [-0.25, -0.2) is 0 Å². The Balaban J connectivity index is 1.80. The largest absolute Gasteiger partial charge is 0.464 e. The van der Waals surface area contributed by atoms with Crippen LogP contribution in [0, 0.1) is 13.8 Å². The molecular formula is C17H18N2O2. The molecule has 0 saturated heterocycles. The molecule has 3 aromatic rings. The smallest absolute Gasteiger partial charge is 0.268 e. The minimum atomic E-state index is -0.167. The predicted molar refractivity (Wildman–Crippen MR) is 82.4 cm³/mol. The number of nitrogens with one attached hydrogen (secondary N) is 2. The van der Waals surface area contributed by atoms with Crippen molar-refractivity contribution in [2.75, 3.05) is 0 Å². The van der Waals surface area contributed by atoms with Gasteiger partial charge in [0.2, 0.25) is 0 Å². The van der Waals surface area contributed by atoms with E-state index in [1.807, 2.05) is 51.1 Å². The summed E-state index contributed by atoms with van der Waals surface area (Å²) in [6.45, 7) is 5.83. The van der Waals surface area contributed by atoms with Gasteiger partial charge in [-0.2, -0.15) is 0 Å². The SMILES string of the molecule is Cc1ccc2[nH]c(C(=O)N[C@H](C)c3ccc(C)o3)cc2c1. The van der Waals surface area contributed by atoms with E-state index < -0.39 is 0 Å². The van der Waals surface area contributed by atoms with Gasteiger partial charge >= 0.3 is 0 Å². The number of aryl methyl sites for hydroxylation is 2. The molecule has 2 heterocycles. The molecule has 0 aliphatic carbocycles. The highest BCUT2D eigenvalue weighted by molar-refractivity contribution is 5.98. The Hall–Kier alpha value is -2.49. The highest BCUT2D eigenvalue weighted by atomic mass is 16.3. The van der Waals surface area contributed by atoms with E-state index in [-0.39, 0.29) is 11.9 Å². The maximum Gasteiger partial charge on any atom is 0.268 e. The maximum absolute atomic E-state index is 12.3. The summed E-state index contributed by atoms with van der Waals surface area (Å²) in [5, 5.41) is 3.98. The number of carbonyl (C=O) groups is 1. The number of hydrogen-bond acceptors (Lipinski definition) is 2. The molecule has 0 bridgehead atoms. The molecule has 3 rings (SSSR count). The van der Waals surface area contributed by atoms with Crippen LogP contribution in [-0.4, -0.2) is 10.9 Å². The van der Waals surface area contributed by atoms with Crippen molar-refractivity contribution in [3.05, 3.63) is 59.2 Å². The van der Waals surface area contributed by atoms with Crippen LogP contribution in [0.25, 0.3) is 10.9 Å². The number of furan rings is 1. The van der Waals surface area contributed by atoms with Crippen molar-refractivity contribution < 1.29 is 9.21 Å². The Bertz CT molecular complexity index is 798. The molecule has 4 heteroatoms. The van der Waals surface area contributed by atoms with E-state index in [0.717, 1.165) is 22.4 Å². The van der Waals surface area contributed by atoms with E-state index in [0.29, 0.717) is 5.69 Å². The average molecular weight is 282 g/mol. The fourth-order valence-electron chi connectivity index (χ4n) is 2.41. The molecule has 4 nitrogen and oxygen atoms in total. The van der Waals surface area contributed by atoms with Crippen molar-refractivity contribution in [3.8, 4) is 0 Å². The van der Waals surface area contributed by atoms with Gasteiger partial charge in [0.1, 0.15) is 17.2 Å². The molecule has 0 unspecified atom stereocenters. The number of fused-ring (bicyclic) bond motifs is 1. The lowest BCUT2D eigenvalue weighted by molar-refractivity contribution is 0.0931. The van der Waals surface area contributed by atoms with Crippen LogP contribution in [0.1, 0.15) is 40.5 Å². The molecule has 0 saturated carbocycles. The molecule has 1 atom stereocenters. The van der Waals surface area contributed by atoms with Crippen LogP contribution in [0.2, 0.25) is 0 Å². The summed E-state index contributed by atoms with van der Waals surface area (Å²) < 4.78 is 5.53. The summed E-state index contributed by atoms with van der Waals surface area (Å²) in [7, 11) is 0. The summed E-state index contributed by atoms with van der Waals surface area (Å²) in [6, 6.07) is 11.5. The normalized spacial score (nSPS) is 12.5. The average Bonchev–Trinajstić information content (AvgIpc) is 3.04. The van der Waals surface area contributed by atoms with E-state index in [1.54, 1.807) is 0 Å². The number of aromatic nitrogens is 1. The van der Waals surface area contributed by atoms with E-state index in [1.165, 1.54) is 5.56 Å². The van der Waals surface area contributed by atoms with Gasteiger partial charge < -0.3 is 14.7 Å². The third-order valence-electron chi connectivity index (χ3n) is 3.56. The quantitative estimate of drug-likeness (QED) is 0.766. The van der Waals surface area contributed by atoms with Crippen LogP contribution in [0.15, 0.2) is 40.8 Å². The van der Waals surface area contributed by atoms with Gasteiger partial charge in [-0.15, -0.1) is 0 Å². The van der Waals surface area contributed by atoms with Crippen LogP contribution in [0.5, 0.6) is 0 Å². The van der Waals surface area contributed by atoms with Crippen molar-refractivity contribution in [1.82, 2.24) is 10.3 Å². The highest BCUT2D eigenvalue weighted by Gasteiger charge is 2.15. The molecule has 1 aromatic carbocycles. The molecule has 1 amide bonds. The molecule has 0 fully saturated rings. The Morgan fingerprint density at radius 1 is 1.19 bits per heavy atom. The minimum Gasteiger partial charge on any atom is -0.464 e. The lowest BCUT2D eigenvalue weighted by Crippen LogP contribution is -2.26. The number of benzene rings is 1. The van der Waals surface area contributed by atoms with Crippen molar-refractivity contribution in [1.29, 1.82) is 0 Å². The number of H-pyrrole nitrogens is 1. The zero-order valence-corrected chi connectivity index (χ0v) is 12.4. The first-order valence-corrected chi connectivity index (χ1v) is 6.99. The summed E-state index contributed by atoms with van der Waals surface area (Å²) in [4.78, 5) is 15.4. The van der Waals surface area contributed by atoms with Crippen LogP contribution < -0.4 is 5.32 Å². The van der Waals surface area contributed by atoms with Crippen LogP contribution in [0.4, 0.5) is 0 Å². The predicted octanol–water partition coefficient (Wildman–Crippen LogP) is 3.87. The van der Waals surface area contributed by atoms with Crippen molar-refractivity contribution in [2.24, 2.45) is 0 Å². The van der Waals surface area contributed by atoms with E-state index in [2.05, 4.69) is 16.4 Å². The molecule has 108 valence electrons. The van der Waals surface area contributed by atoms with Gasteiger partial charge in [-0.1, -0.05) is 11.6 Å². The van der Waals surface area contributed by atoms with Crippen molar-refractivity contribution in [2.45, 2.75) is 26.8 Å². The monoisotopic (exact) mass is 282 g/mol. The summed E-state index contributed by atoms with van der Waals surface area (Å²) >= 11 is 0. The van der Waals surface area contributed by atoms with E-state index in [4.69, 9.17) is 4.42 Å². The number of hydrogen-bond donors (Lipinski definition) is 2. The van der Waals surface area contributed by atoms with E-state index >= 15 is 0 Å². The molecule has 0 aliphatic rings. The fourth-order valence-corrected chi connectivity index (χ4v) is 2.41. The van der Waals surface area contributed by atoms with Crippen LogP contribution in [-0.2, 0) is 0 Å². The van der Waals surface area contributed by atoms with Crippen molar-refractivity contribution >= 4 is 16.8 Å². The van der Waals surface area contributed by atoms with Crippen LogP contribution in [0.3, 0.4) is 0 Å². The van der Waals surface area contributed by atoms with E-state index in [9.17, 15) is 4.79 Å². The third kappa shape index (κ3) is 2.70. The molecule has 0 aliphatic heterocycles. The lowest BCUT2D eigenvalue weighted by atomic mass is 10.2. The van der Waals surface area contributed by atoms with Gasteiger partial charge in [0.05, 0.1) is 6.04 Å². The Morgan fingerprint density at radius 2 is 2.00 bits per heavy atom. The second-order valence-electron chi connectivity index (χ2n) is 5.42. The Labute approximate surface area is 123 Å². The molecule has 21 heavy (non-hydrogen) atoms. The fraction of sp³-hybridized carbons (Fsp3) is 0.235. The first-order valence-electron chi connectivity index (χ1n) is 6.99. The minimum absolute atomic E-state index is 0.134. The summed E-state index contributed by atoms with van der Waals surface area (Å²) in [5.74, 6) is 1.46. The van der Waals surface area contributed by atoms with Gasteiger partial charge in [0.25, 0.3) is 5.91 Å². The molecule has 2 N–H and O–H groups in total. The van der Waals surface area contributed by atoms with Gasteiger partial charge in [-0.3, -0.25) is 4.79 Å². The number of carbonyl (C=O) groups excluding carboxylic acids is 1. The first kappa shape index (κ1) is 13.5. The zero-order valence-electron chi connectivity index (χ0n) is 12.4. The second kappa shape index (κ2) is 5.13. The maximum atomic E-state index is 12.3. The molecule has 2 aromatic heterocycles. The molecule has 0 radical (unpaired) electrons.